The number of halogens is 2. The first kappa shape index (κ1) is 30.2. The molecule has 39 heavy (non-hydrogen) atoms. The van der Waals surface area contributed by atoms with Gasteiger partial charge in [0.1, 0.15) is 6.04 Å². The van der Waals surface area contributed by atoms with Crippen LogP contribution in [-0.4, -0.2) is 86.3 Å². The number of thioether (sulfide) groups is 1. The van der Waals surface area contributed by atoms with Crippen LogP contribution >= 0.6 is 39.3 Å². The standard InChI is InChI=1S/C29H37BrClN3O4S/c1-6-12-32(5)26(36)22-23-27(37)34(18(16-35)14-17(3)4)25(29(23)15-19(30)24(22)39-29)28(38)33(13-7-2)21-11-9-8-10-20(21)31/h6-11,17-19,22-25,35H,1-2,12-16H2,3-5H3/t18-,19?,22-,23+,24-,25?,29?/m1/s1. The lowest BCUT2D eigenvalue weighted by molar-refractivity contribution is -0.145. The van der Waals surface area contributed by atoms with E-state index in [1.807, 2.05) is 19.9 Å². The lowest BCUT2D eigenvalue weighted by Gasteiger charge is -2.40. The van der Waals surface area contributed by atoms with Gasteiger partial charge in [-0.1, -0.05) is 65.7 Å². The lowest BCUT2D eigenvalue weighted by atomic mass is 9.70. The van der Waals surface area contributed by atoms with E-state index in [1.165, 1.54) is 0 Å². The van der Waals surface area contributed by atoms with Gasteiger partial charge in [0, 0.05) is 30.2 Å². The number of nitrogens with zero attached hydrogens (tertiary/aromatic N) is 3. The predicted octanol–water partition coefficient (Wildman–Crippen LogP) is 4.38. The minimum absolute atomic E-state index is 0.0428. The Morgan fingerprint density at radius 3 is 2.51 bits per heavy atom. The van der Waals surface area contributed by atoms with E-state index < -0.39 is 28.7 Å². The Kier molecular flexibility index (Phi) is 9.25. The maximum absolute atomic E-state index is 14.7. The molecule has 0 aliphatic carbocycles. The van der Waals surface area contributed by atoms with Crippen molar-refractivity contribution in [2.75, 3.05) is 31.6 Å². The molecule has 1 aromatic rings. The van der Waals surface area contributed by atoms with Gasteiger partial charge in [0.2, 0.25) is 11.8 Å². The normalized spacial score (nSPS) is 29.9. The average molecular weight is 639 g/mol. The first-order valence-corrected chi connectivity index (χ1v) is 15.5. The first-order valence-electron chi connectivity index (χ1n) is 13.3. The van der Waals surface area contributed by atoms with Gasteiger partial charge in [0.05, 0.1) is 39.9 Å². The molecule has 7 atom stereocenters. The fourth-order valence-corrected chi connectivity index (χ4v) is 10.5. The van der Waals surface area contributed by atoms with Crippen molar-refractivity contribution in [2.45, 2.75) is 53.6 Å². The molecule has 0 saturated carbocycles. The van der Waals surface area contributed by atoms with Crippen LogP contribution in [0.2, 0.25) is 5.02 Å². The monoisotopic (exact) mass is 637 g/mol. The molecule has 1 aromatic carbocycles. The number of aliphatic hydroxyl groups is 1. The van der Waals surface area contributed by atoms with Crippen LogP contribution in [-0.2, 0) is 14.4 Å². The van der Waals surface area contributed by atoms with Crippen LogP contribution in [0.5, 0.6) is 0 Å². The van der Waals surface area contributed by atoms with Crippen LogP contribution < -0.4 is 4.90 Å². The molecule has 1 spiro atoms. The minimum Gasteiger partial charge on any atom is -0.394 e. The molecule has 10 heteroatoms. The number of hydrogen-bond acceptors (Lipinski definition) is 5. The number of hydrogen-bond donors (Lipinski definition) is 1. The summed E-state index contributed by atoms with van der Waals surface area (Å²) >= 11 is 11.9. The zero-order chi connectivity index (χ0) is 28.6. The molecule has 1 N–H and O–H groups in total. The third-order valence-corrected chi connectivity index (χ3v) is 11.6. The van der Waals surface area contributed by atoms with Crippen molar-refractivity contribution < 1.29 is 19.5 Å². The van der Waals surface area contributed by atoms with Crippen molar-refractivity contribution in [2.24, 2.45) is 17.8 Å². The zero-order valence-electron chi connectivity index (χ0n) is 22.6. The number of benzene rings is 1. The van der Waals surface area contributed by atoms with Crippen LogP contribution in [0.15, 0.2) is 49.6 Å². The largest absolute Gasteiger partial charge is 0.394 e. The van der Waals surface area contributed by atoms with Crippen LogP contribution in [0, 0.1) is 17.8 Å². The number of likely N-dealkylation sites (N-methyl/N-ethyl adjacent to an activating group) is 1. The maximum Gasteiger partial charge on any atom is 0.251 e. The fourth-order valence-electron chi connectivity index (χ4n) is 6.63. The fraction of sp³-hybridized carbons (Fsp3) is 0.552. The number of alkyl halides is 1. The number of amides is 3. The molecule has 0 radical (unpaired) electrons. The zero-order valence-corrected chi connectivity index (χ0v) is 25.8. The van der Waals surface area contributed by atoms with E-state index >= 15 is 0 Å². The van der Waals surface area contributed by atoms with E-state index in [1.54, 1.807) is 63.9 Å². The molecule has 3 aliphatic heterocycles. The van der Waals surface area contributed by atoms with Crippen molar-refractivity contribution in [1.29, 1.82) is 0 Å². The van der Waals surface area contributed by atoms with E-state index in [0.29, 0.717) is 30.1 Å². The molecule has 2 bridgehead atoms. The van der Waals surface area contributed by atoms with E-state index in [9.17, 15) is 19.5 Å². The van der Waals surface area contributed by atoms with Gasteiger partial charge in [-0.25, -0.2) is 0 Å². The lowest BCUT2D eigenvalue weighted by Crippen LogP contribution is -2.58. The summed E-state index contributed by atoms with van der Waals surface area (Å²) in [5.41, 5.74) is 0.534. The summed E-state index contributed by atoms with van der Waals surface area (Å²) in [5.74, 6) is -1.71. The molecule has 4 rings (SSSR count). The molecule has 3 fully saturated rings. The Morgan fingerprint density at radius 2 is 1.92 bits per heavy atom. The summed E-state index contributed by atoms with van der Waals surface area (Å²) in [6, 6.07) is 5.68. The molecule has 3 unspecified atom stereocenters. The topological polar surface area (TPSA) is 81.2 Å². The summed E-state index contributed by atoms with van der Waals surface area (Å²) in [5, 5.41) is 10.8. The van der Waals surface area contributed by atoms with Crippen LogP contribution in [0.1, 0.15) is 26.7 Å². The highest BCUT2D eigenvalue weighted by atomic mass is 79.9. The molecule has 3 saturated heterocycles. The minimum atomic E-state index is -0.875. The van der Waals surface area contributed by atoms with Gasteiger partial charge in [0.15, 0.2) is 0 Å². The van der Waals surface area contributed by atoms with Gasteiger partial charge in [0.25, 0.3) is 5.91 Å². The summed E-state index contributed by atoms with van der Waals surface area (Å²) in [4.78, 5) is 47.6. The van der Waals surface area contributed by atoms with Gasteiger partial charge >= 0.3 is 0 Å². The van der Waals surface area contributed by atoms with Crippen molar-refractivity contribution in [3.05, 3.63) is 54.6 Å². The van der Waals surface area contributed by atoms with E-state index in [2.05, 4.69) is 29.1 Å². The Bertz CT molecular complexity index is 1150. The summed E-state index contributed by atoms with van der Waals surface area (Å²) < 4.78 is -0.826. The molecule has 3 amide bonds. The number of fused-ring (bicyclic) bond motifs is 1. The quantitative estimate of drug-likeness (QED) is 0.288. The van der Waals surface area contributed by atoms with Gasteiger partial charge in [-0.15, -0.1) is 24.9 Å². The number of rotatable bonds is 11. The van der Waals surface area contributed by atoms with E-state index in [4.69, 9.17) is 11.6 Å². The molecule has 0 aromatic heterocycles. The highest BCUT2D eigenvalue weighted by Crippen LogP contribution is 2.68. The molecule has 3 aliphatic rings. The second kappa shape index (κ2) is 12.0. The maximum atomic E-state index is 14.7. The SMILES string of the molecule is C=CCN(C)C(=O)[C@H]1[C@@H]2SC3(CC2Br)C(C(=O)N(CC=C)c2ccccc2Cl)N([C@@H](CO)CC(C)C)C(=O)[C@H]13. The summed E-state index contributed by atoms with van der Waals surface area (Å²) in [6.07, 6.45) is 4.39. The molecule has 3 heterocycles. The second-order valence-electron chi connectivity index (χ2n) is 11.1. The highest BCUT2D eigenvalue weighted by Gasteiger charge is 2.76. The molecular weight excluding hydrogens is 602 g/mol. The third-order valence-electron chi connectivity index (χ3n) is 8.09. The van der Waals surface area contributed by atoms with Crippen LogP contribution in [0.25, 0.3) is 0 Å². The Balaban J connectivity index is 1.87. The Morgan fingerprint density at radius 1 is 1.26 bits per heavy atom. The van der Waals surface area contributed by atoms with Gasteiger partial charge in [-0.2, -0.15) is 0 Å². The molecule has 7 nitrogen and oxygen atoms in total. The first-order chi connectivity index (χ1) is 18.5. The van der Waals surface area contributed by atoms with Crippen molar-refractivity contribution in [3.8, 4) is 0 Å². The smallest absolute Gasteiger partial charge is 0.251 e. The van der Waals surface area contributed by atoms with Gasteiger partial charge in [-0.05, 0) is 30.9 Å². The van der Waals surface area contributed by atoms with Crippen LogP contribution in [0.4, 0.5) is 5.69 Å². The number of para-hydroxylation sites is 1. The summed E-state index contributed by atoms with van der Waals surface area (Å²) in [6.45, 7) is 12.0. The van der Waals surface area contributed by atoms with Crippen molar-refractivity contribution >= 4 is 62.7 Å². The van der Waals surface area contributed by atoms with Gasteiger partial charge in [-0.3, -0.25) is 14.4 Å². The van der Waals surface area contributed by atoms with E-state index in [0.717, 1.165) is 0 Å². The molecule has 212 valence electrons. The van der Waals surface area contributed by atoms with Crippen LogP contribution in [0.3, 0.4) is 0 Å². The Labute approximate surface area is 248 Å². The highest BCUT2D eigenvalue weighted by molar-refractivity contribution is 9.09. The van der Waals surface area contributed by atoms with Crippen molar-refractivity contribution in [1.82, 2.24) is 9.80 Å². The molecular formula is C29H37BrClN3O4S. The van der Waals surface area contributed by atoms with Crippen molar-refractivity contribution in [3.63, 3.8) is 0 Å². The number of carbonyl (C=O) groups is 3. The Hall–Kier alpha value is -1.81. The number of anilines is 1. The van der Waals surface area contributed by atoms with E-state index in [-0.39, 0.29) is 46.9 Å². The van der Waals surface area contributed by atoms with Gasteiger partial charge < -0.3 is 19.8 Å². The number of carbonyl (C=O) groups excluding carboxylic acids is 3. The summed E-state index contributed by atoms with van der Waals surface area (Å²) in [7, 11) is 1.72. The number of likely N-dealkylation sites (tertiary alicyclic amines) is 1. The average Bonchev–Trinajstić information content (AvgIpc) is 3.49. The predicted molar refractivity (Wildman–Crippen MR) is 161 cm³/mol. The second-order valence-corrected chi connectivity index (χ2v) is 14.2. The third kappa shape index (κ3) is 5.09. The number of aliphatic hydroxyl groups excluding tert-OH is 1.